The zero-order chi connectivity index (χ0) is 25.2. The Hall–Kier alpha value is -3.65. The number of ketones is 1. The second-order valence-corrected chi connectivity index (χ2v) is 9.85. The van der Waals surface area contributed by atoms with E-state index in [4.69, 9.17) is 4.99 Å². The number of amides is 3. The van der Waals surface area contributed by atoms with Crippen LogP contribution in [0, 0.1) is 5.92 Å². The van der Waals surface area contributed by atoms with Crippen molar-refractivity contribution >= 4 is 29.4 Å². The van der Waals surface area contributed by atoms with Crippen molar-refractivity contribution in [2.24, 2.45) is 10.9 Å². The van der Waals surface area contributed by atoms with Gasteiger partial charge in [0, 0.05) is 19.7 Å². The van der Waals surface area contributed by atoms with Crippen molar-refractivity contribution in [3.05, 3.63) is 71.8 Å². The molecule has 0 aromatic heterocycles. The molecule has 2 aromatic carbocycles. The molecular formula is C28H32N5O3+. The van der Waals surface area contributed by atoms with Crippen LogP contribution in [0.5, 0.6) is 0 Å². The lowest BCUT2D eigenvalue weighted by Crippen LogP contribution is -2.62. The molecule has 5 rings (SSSR count). The highest BCUT2D eigenvalue weighted by atomic mass is 16.2. The lowest BCUT2D eigenvalue weighted by atomic mass is 9.90. The molecule has 0 aliphatic carbocycles. The molecule has 8 nitrogen and oxygen atoms in total. The van der Waals surface area contributed by atoms with Crippen LogP contribution in [0.15, 0.2) is 65.7 Å². The van der Waals surface area contributed by atoms with Gasteiger partial charge in [0.15, 0.2) is 0 Å². The monoisotopic (exact) mass is 486 g/mol. The molecular weight excluding hydrogens is 454 g/mol. The Morgan fingerprint density at radius 1 is 0.944 bits per heavy atom. The number of hydrogen-bond acceptors (Lipinski definition) is 5. The minimum Gasteiger partial charge on any atom is -0.292 e. The maximum Gasteiger partial charge on any atom is 0.333 e. The first-order chi connectivity index (χ1) is 17.4. The topological polar surface area (TPSA) is 76.3 Å². The summed E-state index contributed by atoms with van der Waals surface area (Å²) in [5.74, 6) is 1.28. The lowest BCUT2D eigenvalue weighted by Gasteiger charge is -2.31. The fourth-order valence-electron chi connectivity index (χ4n) is 5.32. The summed E-state index contributed by atoms with van der Waals surface area (Å²) < 4.78 is 1.79. The molecule has 0 spiro atoms. The number of urea groups is 1. The van der Waals surface area contributed by atoms with Crippen LogP contribution >= 0.6 is 0 Å². The Labute approximate surface area is 211 Å². The number of likely N-dealkylation sites (N-methyl/N-ethyl adjacent to an activating group) is 2. The molecule has 0 bridgehead atoms. The number of aliphatic imine (C=N–C) groups is 1. The lowest BCUT2D eigenvalue weighted by molar-refractivity contribution is -0.523. The Morgan fingerprint density at radius 3 is 2.25 bits per heavy atom. The quantitative estimate of drug-likeness (QED) is 0.445. The third-order valence-corrected chi connectivity index (χ3v) is 7.46. The SMILES string of the molecule is CN1C(=O)C2C(=NC(CN3CCC(Cc4ccccc4)CC3)=[N+]2CC(=O)c2ccccc2)N(C)C1=O. The van der Waals surface area contributed by atoms with Gasteiger partial charge < -0.3 is 0 Å². The normalized spacial score (nSPS) is 21.2. The van der Waals surface area contributed by atoms with Crippen LogP contribution in [-0.4, -0.2) is 95.0 Å². The highest BCUT2D eigenvalue weighted by molar-refractivity contribution is 6.23. The smallest absolute Gasteiger partial charge is 0.292 e. The van der Waals surface area contributed by atoms with Crippen molar-refractivity contribution in [1.29, 1.82) is 0 Å². The van der Waals surface area contributed by atoms with Gasteiger partial charge in [-0.25, -0.2) is 9.37 Å². The summed E-state index contributed by atoms with van der Waals surface area (Å²) in [5, 5.41) is 0. The Bertz CT molecular complexity index is 1220. The molecule has 3 aliphatic heterocycles. The van der Waals surface area contributed by atoms with E-state index in [2.05, 4.69) is 29.2 Å². The zero-order valence-corrected chi connectivity index (χ0v) is 20.8. The number of Topliss-reactive ketones (excluding diaryl/α,β-unsaturated/α-hetero) is 1. The van der Waals surface area contributed by atoms with Gasteiger partial charge in [0.05, 0.1) is 0 Å². The van der Waals surface area contributed by atoms with Gasteiger partial charge in [-0.3, -0.25) is 24.3 Å². The fourth-order valence-corrected chi connectivity index (χ4v) is 5.32. The van der Waals surface area contributed by atoms with E-state index in [0.717, 1.165) is 37.3 Å². The van der Waals surface area contributed by atoms with E-state index >= 15 is 0 Å². The van der Waals surface area contributed by atoms with E-state index in [0.29, 0.717) is 29.7 Å². The van der Waals surface area contributed by atoms with Crippen LogP contribution in [0.1, 0.15) is 28.8 Å². The summed E-state index contributed by atoms with van der Waals surface area (Å²) in [7, 11) is 3.11. The van der Waals surface area contributed by atoms with E-state index in [-0.39, 0.29) is 18.2 Å². The van der Waals surface area contributed by atoms with Crippen molar-refractivity contribution in [1.82, 2.24) is 14.7 Å². The van der Waals surface area contributed by atoms with Crippen LogP contribution in [0.25, 0.3) is 0 Å². The van der Waals surface area contributed by atoms with E-state index in [1.54, 1.807) is 23.8 Å². The fraction of sp³-hybridized carbons (Fsp3) is 0.393. The number of piperidine rings is 1. The maximum absolute atomic E-state index is 13.2. The largest absolute Gasteiger partial charge is 0.333 e. The van der Waals surface area contributed by atoms with E-state index in [1.165, 1.54) is 17.5 Å². The Balaban J connectivity index is 1.35. The van der Waals surface area contributed by atoms with Crippen LogP contribution < -0.4 is 0 Å². The second-order valence-electron chi connectivity index (χ2n) is 9.85. The third-order valence-electron chi connectivity index (χ3n) is 7.46. The highest BCUT2D eigenvalue weighted by Crippen LogP contribution is 2.24. The summed E-state index contributed by atoms with van der Waals surface area (Å²) in [6.07, 6.45) is 3.26. The average molecular weight is 487 g/mol. The van der Waals surface area contributed by atoms with Crippen molar-refractivity contribution < 1.29 is 19.0 Å². The van der Waals surface area contributed by atoms with Gasteiger partial charge in [-0.1, -0.05) is 60.7 Å². The van der Waals surface area contributed by atoms with Gasteiger partial charge in [-0.15, -0.1) is 0 Å². The molecule has 2 aromatic rings. The van der Waals surface area contributed by atoms with Gasteiger partial charge in [0.1, 0.15) is 13.1 Å². The molecule has 8 heteroatoms. The summed E-state index contributed by atoms with van der Waals surface area (Å²) in [6, 6.07) is 18.5. The van der Waals surface area contributed by atoms with Crippen molar-refractivity contribution in [2.75, 3.05) is 40.3 Å². The predicted molar refractivity (Wildman–Crippen MR) is 137 cm³/mol. The molecule has 0 N–H and O–H groups in total. The summed E-state index contributed by atoms with van der Waals surface area (Å²) in [6.45, 7) is 2.43. The summed E-state index contributed by atoms with van der Waals surface area (Å²) in [4.78, 5) is 48.5. The van der Waals surface area contributed by atoms with Gasteiger partial charge in [-0.05, 0) is 48.8 Å². The molecule has 2 fully saturated rings. The molecule has 3 heterocycles. The van der Waals surface area contributed by atoms with Crippen molar-refractivity contribution in [2.45, 2.75) is 25.3 Å². The molecule has 2 saturated heterocycles. The maximum atomic E-state index is 13.2. The van der Waals surface area contributed by atoms with Crippen molar-refractivity contribution in [3.63, 3.8) is 0 Å². The first kappa shape index (κ1) is 24.1. The summed E-state index contributed by atoms with van der Waals surface area (Å²) in [5.41, 5.74) is 1.96. The van der Waals surface area contributed by atoms with Crippen LogP contribution in [0.3, 0.4) is 0 Å². The number of fused-ring (bicyclic) bond motifs is 1. The van der Waals surface area contributed by atoms with Gasteiger partial charge >= 0.3 is 11.9 Å². The molecule has 3 amide bonds. The minimum atomic E-state index is -0.768. The van der Waals surface area contributed by atoms with Gasteiger partial charge in [0.25, 0.3) is 17.8 Å². The Morgan fingerprint density at radius 2 is 1.58 bits per heavy atom. The molecule has 0 saturated carbocycles. The number of carbonyl (C=O) groups excluding carboxylic acids is 3. The molecule has 0 radical (unpaired) electrons. The van der Waals surface area contributed by atoms with Crippen LogP contribution in [-0.2, 0) is 11.2 Å². The van der Waals surface area contributed by atoms with Crippen LogP contribution in [0.2, 0.25) is 0 Å². The number of likely N-dealkylation sites (tertiary alicyclic amines) is 1. The van der Waals surface area contributed by atoms with E-state index in [1.807, 2.05) is 24.3 Å². The second kappa shape index (κ2) is 10.1. The first-order valence-electron chi connectivity index (χ1n) is 12.5. The first-order valence-corrected chi connectivity index (χ1v) is 12.5. The molecule has 186 valence electrons. The van der Waals surface area contributed by atoms with Gasteiger partial charge in [-0.2, -0.15) is 0 Å². The standard InChI is InChI=1S/C28H32N5O3/c1-30-26-25(27(35)31(2)28(30)36)33(18-23(34)22-11-7-4-8-12-22)24(29-26)19-32-15-13-21(14-16-32)17-20-9-5-3-6-10-20/h3-12,21,25H,13-19H2,1-2H3/q+1. The molecule has 3 aliphatic rings. The molecule has 1 atom stereocenters. The zero-order valence-electron chi connectivity index (χ0n) is 20.8. The number of nitrogens with zero attached hydrogens (tertiary/aromatic N) is 5. The predicted octanol–water partition coefficient (Wildman–Crippen LogP) is 2.54. The number of imide groups is 1. The minimum absolute atomic E-state index is 0.0308. The van der Waals surface area contributed by atoms with E-state index in [9.17, 15) is 14.4 Å². The average Bonchev–Trinajstić information content (AvgIpc) is 3.26. The molecule has 1 unspecified atom stereocenters. The number of carbonyl (C=O) groups is 3. The summed E-state index contributed by atoms with van der Waals surface area (Å²) >= 11 is 0. The third kappa shape index (κ3) is 4.73. The highest BCUT2D eigenvalue weighted by Gasteiger charge is 2.53. The Kier molecular flexibility index (Phi) is 6.78. The number of hydrogen-bond donors (Lipinski definition) is 0. The number of amidine groups is 2. The number of rotatable bonds is 7. The van der Waals surface area contributed by atoms with Gasteiger partial charge in [0.2, 0.25) is 5.78 Å². The number of benzene rings is 2. The van der Waals surface area contributed by atoms with Crippen LogP contribution in [0.4, 0.5) is 4.79 Å². The molecule has 36 heavy (non-hydrogen) atoms. The van der Waals surface area contributed by atoms with E-state index < -0.39 is 12.1 Å². The van der Waals surface area contributed by atoms with Crippen molar-refractivity contribution in [3.8, 4) is 0 Å².